The molecule has 10 heteroatoms. The van der Waals surface area contributed by atoms with E-state index in [4.69, 9.17) is 4.74 Å². The van der Waals surface area contributed by atoms with Crippen molar-refractivity contribution in [3.05, 3.63) is 69.1 Å². The number of nitrogens with zero attached hydrogens (tertiary/aromatic N) is 1. The molecule has 4 rings (SSSR count). The van der Waals surface area contributed by atoms with E-state index < -0.39 is 45.3 Å². The Balaban J connectivity index is 1.80. The number of ketones is 1. The number of carbonyl (C=O) groups excluding carboxylic acids is 3. The van der Waals surface area contributed by atoms with E-state index in [-0.39, 0.29) is 29.1 Å². The van der Waals surface area contributed by atoms with Gasteiger partial charge >= 0.3 is 5.97 Å². The third-order valence-corrected chi connectivity index (χ3v) is 8.10. The maximum Gasteiger partial charge on any atom is 0.337 e. The molecule has 1 aromatic carbocycles. The number of methoxy groups -OCH3 is 1. The monoisotopic (exact) mass is 461 g/mol. The third-order valence-electron chi connectivity index (χ3n) is 5.48. The molecule has 1 N–H and O–H groups in total. The number of rotatable bonds is 5. The van der Waals surface area contributed by atoms with Crippen molar-refractivity contribution in [3.8, 4) is 0 Å². The van der Waals surface area contributed by atoms with Crippen LogP contribution in [0.5, 0.6) is 0 Å². The molecule has 1 amide bonds. The summed E-state index contributed by atoms with van der Waals surface area (Å²) in [5.74, 6) is -2.78. The second-order valence-electron chi connectivity index (χ2n) is 7.35. The summed E-state index contributed by atoms with van der Waals surface area (Å²) in [4.78, 5) is 39.6. The zero-order valence-electron chi connectivity index (χ0n) is 16.5. The van der Waals surface area contributed by atoms with Crippen molar-refractivity contribution < 1.29 is 32.6 Å². The van der Waals surface area contributed by atoms with Gasteiger partial charge in [0.15, 0.2) is 15.6 Å². The van der Waals surface area contributed by atoms with Gasteiger partial charge < -0.3 is 14.7 Å². The Bertz CT molecular complexity index is 1180. The second-order valence-corrected chi connectivity index (χ2v) is 10.5. The molecule has 2 aromatic rings. The first-order valence-corrected chi connectivity index (χ1v) is 12.2. The van der Waals surface area contributed by atoms with Crippen molar-refractivity contribution in [2.75, 3.05) is 18.6 Å². The van der Waals surface area contributed by atoms with Gasteiger partial charge in [0.25, 0.3) is 5.91 Å². The molecule has 2 aliphatic heterocycles. The van der Waals surface area contributed by atoms with Crippen molar-refractivity contribution >= 4 is 38.8 Å². The molecule has 0 bridgehead atoms. The SMILES string of the molecule is COC(=O)c1ccc([C@@H]2C(C(=O)c3cccs3)=C(O)C(=O)N2[C@@H]2CCS(=O)(=O)C2)cc1. The summed E-state index contributed by atoms with van der Waals surface area (Å²) < 4.78 is 28.8. The molecule has 2 aliphatic rings. The Morgan fingerprint density at radius 1 is 1.19 bits per heavy atom. The van der Waals surface area contributed by atoms with Crippen molar-refractivity contribution in [2.45, 2.75) is 18.5 Å². The first-order valence-electron chi connectivity index (χ1n) is 9.46. The maximum absolute atomic E-state index is 13.2. The fourth-order valence-electron chi connectivity index (χ4n) is 4.01. The minimum atomic E-state index is -3.32. The van der Waals surface area contributed by atoms with Crippen LogP contribution >= 0.6 is 11.3 Å². The van der Waals surface area contributed by atoms with Crippen LogP contribution < -0.4 is 0 Å². The predicted octanol–water partition coefficient (Wildman–Crippen LogP) is 2.30. The molecule has 3 heterocycles. The van der Waals surface area contributed by atoms with Gasteiger partial charge in [-0.05, 0) is 35.6 Å². The van der Waals surface area contributed by atoms with Crippen LogP contribution in [0.25, 0.3) is 0 Å². The van der Waals surface area contributed by atoms with Crippen molar-refractivity contribution in [3.63, 3.8) is 0 Å². The normalized spacial score (nSPS) is 22.7. The number of hydrogen-bond donors (Lipinski definition) is 1. The molecule has 0 radical (unpaired) electrons. The fourth-order valence-corrected chi connectivity index (χ4v) is 6.40. The topological polar surface area (TPSA) is 118 Å². The number of benzene rings is 1. The van der Waals surface area contributed by atoms with Crippen LogP contribution in [0.15, 0.2) is 53.1 Å². The van der Waals surface area contributed by atoms with Crippen LogP contribution in [0.1, 0.15) is 38.1 Å². The Morgan fingerprint density at radius 3 is 2.45 bits per heavy atom. The summed E-state index contributed by atoms with van der Waals surface area (Å²) in [5.41, 5.74) is 0.668. The van der Waals surface area contributed by atoms with Crippen LogP contribution in [0.2, 0.25) is 0 Å². The lowest BCUT2D eigenvalue weighted by atomic mass is 9.94. The summed E-state index contributed by atoms with van der Waals surface area (Å²) in [6.45, 7) is 0. The van der Waals surface area contributed by atoms with Crippen molar-refractivity contribution in [2.24, 2.45) is 0 Å². The molecule has 162 valence electrons. The van der Waals surface area contributed by atoms with Gasteiger partial charge in [0.2, 0.25) is 5.78 Å². The van der Waals surface area contributed by atoms with E-state index in [9.17, 15) is 27.9 Å². The van der Waals surface area contributed by atoms with Gasteiger partial charge in [-0.2, -0.15) is 0 Å². The van der Waals surface area contributed by atoms with Crippen LogP contribution in [0.4, 0.5) is 0 Å². The number of sulfone groups is 1. The van der Waals surface area contributed by atoms with Gasteiger partial charge in [0.05, 0.1) is 40.7 Å². The minimum absolute atomic E-state index is 0.0651. The Hall–Kier alpha value is -2.98. The molecule has 0 aliphatic carbocycles. The van der Waals surface area contributed by atoms with Crippen molar-refractivity contribution in [1.82, 2.24) is 4.90 Å². The average molecular weight is 462 g/mol. The number of ether oxygens (including phenoxy) is 1. The smallest absolute Gasteiger partial charge is 0.337 e. The molecule has 1 fully saturated rings. The largest absolute Gasteiger partial charge is 0.503 e. The molecule has 31 heavy (non-hydrogen) atoms. The molecule has 0 spiro atoms. The summed E-state index contributed by atoms with van der Waals surface area (Å²) >= 11 is 1.18. The molecule has 0 unspecified atom stereocenters. The zero-order chi connectivity index (χ0) is 22.3. The van der Waals surface area contributed by atoms with E-state index in [1.807, 2.05) is 0 Å². The standard InChI is InChI=1S/C21H19NO7S2/c1-29-21(26)13-6-4-12(5-7-13)17-16(18(23)15-3-2-9-30-15)19(24)20(25)22(17)14-8-10-31(27,28)11-14/h2-7,9,14,17,24H,8,10-11H2,1H3/t14-,17-/m1/s1. The lowest BCUT2D eigenvalue weighted by Crippen LogP contribution is -2.41. The number of amides is 1. The van der Waals surface area contributed by atoms with Gasteiger partial charge in [-0.15, -0.1) is 11.3 Å². The molecule has 8 nitrogen and oxygen atoms in total. The Kier molecular flexibility index (Phi) is 5.44. The first kappa shape index (κ1) is 21.3. The van der Waals surface area contributed by atoms with Gasteiger partial charge in [0, 0.05) is 6.04 Å². The first-order chi connectivity index (χ1) is 14.7. The number of Topliss-reactive ketones (excluding diaryl/α,β-unsaturated/α-hetero) is 1. The van der Waals surface area contributed by atoms with E-state index in [0.29, 0.717) is 10.4 Å². The van der Waals surface area contributed by atoms with Gasteiger partial charge in [-0.25, -0.2) is 13.2 Å². The predicted molar refractivity (Wildman–Crippen MR) is 113 cm³/mol. The highest BCUT2D eigenvalue weighted by Gasteiger charge is 2.49. The van der Waals surface area contributed by atoms with Crippen LogP contribution in [-0.4, -0.2) is 60.7 Å². The third kappa shape index (κ3) is 3.77. The fraction of sp³-hybridized carbons (Fsp3) is 0.286. The number of thiophene rings is 1. The summed E-state index contributed by atoms with van der Waals surface area (Å²) in [5, 5.41) is 12.4. The molecule has 2 atom stereocenters. The number of carbonyl (C=O) groups is 3. The molecule has 0 saturated carbocycles. The highest BCUT2D eigenvalue weighted by atomic mass is 32.2. The van der Waals surface area contributed by atoms with E-state index in [2.05, 4.69) is 0 Å². The summed E-state index contributed by atoms with van der Waals surface area (Å²) in [6, 6.07) is 7.79. The van der Waals surface area contributed by atoms with Crippen LogP contribution in [-0.2, 0) is 19.4 Å². The number of aliphatic hydroxyl groups excluding tert-OH is 1. The summed E-state index contributed by atoms with van der Waals surface area (Å²) in [6.07, 6.45) is 0.221. The molecule has 1 saturated heterocycles. The lowest BCUT2D eigenvalue weighted by Gasteiger charge is -2.31. The lowest BCUT2D eigenvalue weighted by molar-refractivity contribution is -0.131. The number of aliphatic hydroxyl groups is 1. The van der Waals surface area contributed by atoms with Crippen molar-refractivity contribution in [1.29, 1.82) is 0 Å². The molecule has 1 aromatic heterocycles. The zero-order valence-corrected chi connectivity index (χ0v) is 18.1. The maximum atomic E-state index is 13.2. The number of esters is 1. The molecular formula is C21H19NO7S2. The van der Waals surface area contributed by atoms with E-state index in [1.165, 1.54) is 35.5 Å². The van der Waals surface area contributed by atoms with Gasteiger partial charge in [-0.1, -0.05) is 18.2 Å². The van der Waals surface area contributed by atoms with Gasteiger partial charge in [0.1, 0.15) is 0 Å². The van der Waals surface area contributed by atoms with E-state index in [0.717, 1.165) is 0 Å². The Morgan fingerprint density at radius 2 is 1.90 bits per heavy atom. The Labute approximate surface area is 182 Å². The highest BCUT2D eigenvalue weighted by molar-refractivity contribution is 7.91. The van der Waals surface area contributed by atoms with Crippen LogP contribution in [0, 0.1) is 0 Å². The van der Waals surface area contributed by atoms with Crippen LogP contribution in [0.3, 0.4) is 0 Å². The summed E-state index contributed by atoms with van der Waals surface area (Å²) in [7, 11) is -2.06. The second kappa shape index (κ2) is 7.93. The highest BCUT2D eigenvalue weighted by Crippen LogP contribution is 2.42. The quantitative estimate of drug-likeness (QED) is 0.536. The average Bonchev–Trinajstić information content (AvgIpc) is 3.47. The number of hydrogen-bond acceptors (Lipinski definition) is 8. The van der Waals surface area contributed by atoms with E-state index >= 15 is 0 Å². The van der Waals surface area contributed by atoms with E-state index in [1.54, 1.807) is 29.6 Å². The molecular weight excluding hydrogens is 442 g/mol. The van der Waals surface area contributed by atoms with Gasteiger partial charge in [-0.3, -0.25) is 9.59 Å². The minimum Gasteiger partial charge on any atom is -0.503 e.